The highest BCUT2D eigenvalue weighted by molar-refractivity contribution is 5.21. The van der Waals surface area contributed by atoms with Gasteiger partial charge in [0.05, 0.1) is 29.5 Å². The van der Waals surface area contributed by atoms with Crippen molar-refractivity contribution >= 4 is 0 Å². The van der Waals surface area contributed by atoms with Crippen molar-refractivity contribution in [1.82, 2.24) is 9.78 Å². The smallest absolute Gasteiger partial charge is 0.102 e. The van der Waals surface area contributed by atoms with Gasteiger partial charge in [-0.15, -0.1) is 0 Å². The summed E-state index contributed by atoms with van der Waals surface area (Å²) in [5.41, 5.74) is -0.563. The predicted molar refractivity (Wildman–Crippen MR) is 123 cm³/mol. The lowest BCUT2D eigenvalue weighted by molar-refractivity contribution is -0.113. The molecule has 0 radical (unpaired) electrons. The van der Waals surface area contributed by atoms with Crippen molar-refractivity contribution in [3.05, 3.63) is 18.0 Å². The van der Waals surface area contributed by atoms with E-state index in [9.17, 15) is 10.2 Å². The standard InChI is InChI=1S/C27H41N3O2/c1-25(31)11-4-5-20-19(13-25)6-7-22-21(20)10-12-26(2)23(22)8-9-24(26)27(3,32)17-30-16-18(14-28)15-29-30/h15-16,19-24,31-32H,4-13,17H2,1-3H3/t19-,20+,21-,22-,23+,24+,25-,26+,27+/m1/s1. The van der Waals surface area contributed by atoms with Crippen LogP contribution in [0, 0.1) is 52.3 Å². The molecule has 0 spiro atoms. The van der Waals surface area contributed by atoms with Gasteiger partial charge >= 0.3 is 0 Å². The summed E-state index contributed by atoms with van der Waals surface area (Å²) in [6, 6.07) is 2.14. The fourth-order valence-corrected chi connectivity index (χ4v) is 9.29. The van der Waals surface area contributed by atoms with Crippen molar-refractivity contribution in [2.45, 2.75) is 103 Å². The molecule has 9 atom stereocenters. The Bertz CT molecular complexity index is 884. The van der Waals surface area contributed by atoms with Gasteiger partial charge in [0, 0.05) is 6.20 Å². The lowest BCUT2D eigenvalue weighted by atomic mass is 9.49. The third-order valence-electron chi connectivity index (χ3n) is 10.5. The van der Waals surface area contributed by atoms with E-state index >= 15 is 0 Å². The average Bonchev–Trinajstić information content (AvgIpc) is 3.27. The number of nitrogens with zero attached hydrogens (tertiary/aromatic N) is 3. The largest absolute Gasteiger partial charge is 0.390 e. The van der Waals surface area contributed by atoms with Crippen molar-refractivity contribution in [3.8, 4) is 6.07 Å². The molecule has 0 aromatic carbocycles. The van der Waals surface area contributed by atoms with E-state index in [1.165, 1.54) is 44.9 Å². The summed E-state index contributed by atoms with van der Waals surface area (Å²) >= 11 is 0. The van der Waals surface area contributed by atoms with Crippen molar-refractivity contribution in [2.24, 2.45) is 40.9 Å². The summed E-state index contributed by atoms with van der Waals surface area (Å²) < 4.78 is 1.75. The van der Waals surface area contributed by atoms with E-state index in [2.05, 4.69) is 25.0 Å². The Hall–Kier alpha value is -1.38. The first kappa shape index (κ1) is 22.4. The first-order valence-corrected chi connectivity index (χ1v) is 13.0. The van der Waals surface area contributed by atoms with Crippen LogP contribution < -0.4 is 0 Å². The van der Waals surface area contributed by atoms with Crippen molar-refractivity contribution in [2.75, 3.05) is 0 Å². The zero-order valence-corrected chi connectivity index (χ0v) is 20.1. The summed E-state index contributed by atoms with van der Waals surface area (Å²) in [5.74, 6) is 4.06. The first-order valence-electron chi connectivity index (χ1n) is 13.0. The second kappa shape index (κ2) is 7.84. The molecule has 5 nitrogen and oxygen atoms in total. The zero-order chi connectivity index (χ0) is 22.7. The Kier molecular flexibility index (Phi) is 5.49. The van der Waals surface area contributed by atoms with Gasteiger partial charge in [0.2, 0.25) is 0 Å². The summed E-state index contributed by atoms with van der Waals surface area (Å²) in [7, 11) is 0. The number of aliphatic hydroxyl groups is 2. The SMILES string of the molecule is C[C@@]1(O)CCC[C@H]2[C@H](CC[C@@H]3[C@@H]2CC[C@@]2(C)[C@H]3CC[C@@H]2[C@@](C)(O)Cn2cc(C#N)cn2)C1. The van der Waals surface area contributed by atoms with Gasteiger partial charge in [-0.1, -0.05) is 13.3 Å². The number of fused-ring (bicyclic) bond motifs is 5. The summed E-state index contributed by atoms with van der Waals surface area (Å²) in [4.78, 5) is 0. The Morgan fingerprint density at radius 3 is 2.69 bits per heavy atom. The highest BCUT2D eigenvalue weighted by Crippen LogP contribution is 2.65. The molecule has 32 heavy (non-hydrogen) atoms. The van der Waals surface area contributed by atoms with Gasteiger partial charge in [0.15, 0.2) is 0 Å². The molecule has 1 aromatic heterocycles. The molecule has 4 saturated carbocycles. The maximum absolute atomic E-state index is 11.7. The lowest BCUT2D eigenvalue weighted by Gasteiger charge is -2.56. The van der Waals surface area contributed by atoms with Crippen LogP contribution in [0.5, 0.6) is 0 Å². The number of hydrogen-bond donors (Lipinski definition) is 2. The highest BCUT2D eigenvalue weighted by atomic mass is 16.3. The van der Waals surface area contributed by atoms with Crippen LogP contribution >= 0.6 is 0 Å². The van der Waals surface area contributed by atoms with E-state index in [1.54, 1.807) is 17.1 Å². The Morgan fingerprint density at radius 2 is 1.94 bits per heavy atom. The van der Waals surface area contributed by atoms with Crippen LogP contribution in [0.25, 0.3) is 0 Å². The fourth-order valence-electron chi connectivity index (χ4n) is 9.29. The van der Waals surface area contributed by atoms with Gasteiger partial charge in [0.25, 0.3) is 0 Å². The minimum atomic E-state index is -0.826. The third kappa shape index (κ3) is 3.72. The predicted octanol–water partition coefficient (Wildman–Crippen LogP) is 4.92. The minimum Gasteiger partial charge on any atom is -0.390 e. The van der Waals surface area contributed by atoms with Crippen LogP contribution in [0.15, 0.2) is 12.4 Å². The molecule has 176 valence electrons. The maximum atomic E-state index is 11.7. The Balaban J connectivity index is 1.34. The topological polar surface area (TPSA) is 82.1 Å². The lowest BCUT2D eigenvalue weighted by Crippen LogP contribution is -2.52. The van der Waals surface area contributed by atoms with Gasteiger partial charge in [-0.3, -0.25) is 4.68 Å². The van der Waals surface area contributed by atoms with Gasteiger partial charge in [-0.25, -0.2) is 0 Å². The van der Waals surface area contributed by atoms with E-state index in [1.807, 2.05) is 6.92 Å². The van der Waals surface area contributed by atoms with Crippen LogP contribution in [0.3, 0.4) is 0 Å². The maximum Gasteiger partial charge on any atom is 0.102 e. The molecule has 4 aliphatic carbocycles. The fraction of sp³-hybridized carbons (Fsp3) is 0.852. The average molecular weight is 440 g/mol. The highest BCUT2D eigenvalue weighted by Gasteiger charge is 2.60. The number of nitriles is 1. The molecule has 5 heteroatoms. The van der Waals surface area contributed by atoms with E-state index in [4.69, 9.17) is 5.26 Å². The molecule has 1 heterocycles. The molecule has 0 bridgehead atoms. The molecule has 0 amide bonds. The number of rotatable bonds is 3. The van der Waals surface area contributed by atoms with Crippen LogP contribution in [-0.2, 0) is 6.54 Å². The molecule has 4 aliphatic rings. The van der Waals surface area contributed by atoms with Crippen molar-refractivity contribution in [3.63, 3.8) is 0 Å². The monoisotopic (exact) mass is 439 g/mol. The van der Waals surface area contributed by atoms with Crippen LogP contribution in [0.4, 0.5) is 0 Å². The van der Waals surface area contributed by atoms with E-state index < -0.39 is 11.2 Å². The molecular weight excluding hydrogens is 398 g/mol. The number of aromatic nitrogens is 2. The zero-order valence-electron chi connectivity index (χ0n) is 20.1. The molecule has 0 saturated heterocycles. The summed E-state index contributed by atoms with van der Waals surface area (Å²) in [6.07, 6.45) is 15.2. The van der Waals surface area contributed by atoms with Gasteiger partial charge < -0.3 is 10.2 Å². The van der Waals surface area contributed by atoms with Gasteiger partial charge in [0.1, 0.15) is 6.07 Å². The minimum absolute atomic E-state index is 0.180. The van der Waals surface area contributed by atoms with Crippen LogP contribution in [0.1, 0.15) is 90.5 Å². The number of hydrogen-bond acceptors (Lipinski definition) is 4. The van der Waals surface area contributed by atoms with Gasteiger partial charge in [-0.05, 0) is 113 Å². The quantitative estimate of drug-likeness (QED) is 0.701. The normalized spacial score (nSPS) is 45.6. The van der Waals surface area contributed by atoms with E-state index in [0.29, 0.717) is 23.9 Å². The molecule has 1 aromatic rings. The second-order valence-corrected chi connectivity index (χ2v) is 12.6. The van der Waals surface area contributed by atoms with Crippen molar-refractivity contribution in [1.29, 1.82) is 5.26 Å². The van der Waals surface area contributed by atoms with E-state index in [0.717, 1.165) is 37.0 Å². The van der Waals surface area contributed by atoms with Gasteiger partial charge in [-0.2, -0.15) is 10.4 Å². The summed E-state index contributed by atoms with van der Waals surface area (Å²) in [5, 5.41) is 35.9. The summed E-state index contributed by atoms with van der Waals surface area (Å²) in [6.45, 7) is 6.97. The molecule has 4 fully saturated rings. The Labute approximate surface area is 193 Å². The first-order chi connectivity index (χ1) is 15.1. The van der Waals surface area contributed by atoms with Crippen LogP contribution in [-0.4, -0.2) is 31.2 Å². The third-order valence-corrected chi connectivity index (χ3v) is 10.5. The van der Waals surface area contributed by atoms with E-state index in [-0.39, 0.29) is 11.3 Å². The molecule has 0 unspecified atom stereocenters. The van der Waals surface area contributed by atoms with Crippen LogP contribution in [0.2, 0.25) is 0 Å². The second-order valence-electron chi connectivity index (χ2n) is 12.6. The van der Waals surface area contributed by atoms with Crippen molar-refractivity contribution < 1.29 is 10.2 Å². The molecular formula is C27H41N3O2. The molecule has 0 aliphatic heterocycles. The Morgan fingerprint density at radius 1 is 1.12 bits per heavy atom. The molecule has 2 N–H and O–H groups in total. The molecule has 5 rings (SSSR count).